The van der Waals surface area contributed by atoms with Crippen molar-refractivity contribution in [3.05, 3.63) is 40.1 Å². The van der Waals surface area contributed by atoms with E-state index < -0.39 is 17.6 Å². The van der Waals surface area contributed by atoms with E-state index in [1.807, 2.05) is 0 Å². The Morgan fingerprint density at radius 1 is 1.33 bits per heavy atom. The van der Waals surface area contributed by atoms with E-state index in [1.54, 1.807) is 0 Å². The molecule has 1 N–H and O–H groups in total. The third-order valence-corrected chi connectivity index (χ3v) is 3.28. The largest absolute Gasteiger partial charge is 0.497 e. The summed E-state index contributed by atoms with van der Waals surface area (Å²) in [5.41, 5.74) is -0.320. The lowest BCUT2D eigenvalue weighted by atomic mass is 10.0. The summed E-state index contributed by atoms with van der Waals surface area (Å²) in [6.07, 6.45) is 0. The Morgan fingerprint density at radius 2 is 1.94 bits per heavy atom. The number of carboxylic acid groups (broad SMARTS) is 1. The van der Waals surface area contributed by atoms with Crippen LogP contribution in [0.15, 0.2) is 23.6 Å². The topological polar surface area (TPSA) is 46.5 Å². The van der Waals surface area contributed by atoms with Crippen LogP contribution in [0, 0.1) is 11.6 Å². The molecule has 2 rings (SSSR count). The van der Waals surface area contributed by atoms with E-state index in [4.69, 9.17) is 9.84 Å². The zero-order valence-corrected chi connectivity index (χ0v) is 10.1. The quantitative estimate of drug-likeness (QED) is 0.929. The molecule has 1 heterocycles. The van der Waals surface area contributed by atoms with Crippen molar-refractivity contribution in [3.8, 4) is 16.9 Å². The van der Waals surface area contributed by atoms with E-state index in [9.17, 15) is 13.6 Å². The van der Waals surface area contributed by atoms with Crippen molar-refractivity contribution in [2.24, 2.45) is 0 Å². The number of halogens is 2. The summed E-state index contributed by atoms with van der Waals surface area (Å²) in [6, 6.07) is 3.41. The van der Waals surface area contributed by atoms with Gasteiger partial charge in [0.05, 0.1) is 12.7 Å². The van der Waals surface area contributed by atoms with Crippen molar-refractivity contribution in [1.29, 1.82) is 0 Å². The highest BCUT2D eigenvalue weighted by molar-refractivity contribution is 7.12. The zero-order chi connectivity index (χ0) is 13.3. The maximum atomic E-state index is 13.8. The SMILES string of the molecule is COc1cc(F)c(-c2ccsc2C(=O)O)c(F)c1. The Hall–Kier alpha value is -1.95. The van der Waals surface area contributed by atoms with Crippen molar-refractivity contribution in [3.63, 3.8) is 0 Å². The smallest absolute Gasteiger partial charge is 0.346 e. The Labute approximate surface area is 105 Å². The van der Waals surface area contributed by atoms with Crippen molar-refractivity contribution in [2.45, 2.75) is 0 Å². The molecular formula is C12H8F2O3S. The highest BCUT2D eigenvalue weighted by Gasteiger charge is 2.20. The van der Waals surface area contributed by atoms with Crippen LogP contribution in [0.2, 0.25) is 0 Å². The first kappa shape index (κ1) is 12.5. The summed E-state index contributed by atoms with van der Waals surface area (Å²) in [5, 5.41) is 10.4. The fraction of sp³-hybridized carbons (Fsp3) is 0.0833. The average molecular weight is 270 g/mol. The Balaban J connectivity index is 2.64. The Morgan fingerprint density at radius 3 is 2.44 bits per heavy atom. The Bertz CT molecular complexity index is 584. The van der Waals surface area contributed by atoms with Crippen molar-refractivity contribution in [2.75, 3.05) is 7.11 Å². The number of ether oxygens (including phenoxy) is 1. The number of hydrogen-bond acceptors (Lipinski definition) is 3. The van der Waals surface area contributed by atoms with Crippen molar-refractivity contribution >= 4 is 17.3 Å². The molecule has 1 aromatic heterocycles. The molecule has 0 amide bonds. The van der Waals surface area contributed by atoms with Gasteiger partial charge in [0.1, 0.15) is 22.3 Å². The molecule has 0 aliphatic heterocycles. The lowest BCUT2D eigenvalue weighted by molar-refractivity contribution is 0.0703. The normalized spacial score (nSPS) is 10.4. The number of carbonyl (C=O) groups is 1. The number of benzene rings is 1. The van der Waals surface area contributed by atoms with E-state index in [0.717, 1.165) is 23.5 Å². The molecule has 2 aromatic rings. The third-order valence-electron chi connectivity index (χ3n) is 2.38. The average Bonchev–Trinajstić information content (AvgIpc) is 2.77. The van der Waals surface area contributed by atoms with Gasteiger partial charge in [0.2, 0.25) is 0 Å². The minimum absolute atomic E-state index is 0.0325. The molecule has 0 saturated carbocycles. The van der Waals surface area contributed by atoms with Crippen molar-refractivity contribution < 1.29 is 23.4 Å². The van der Waals surface area contributed by atoms with Crippen LogP contribution in [0.3, 0.4) is 0 Å². The molecule has 94 valence electrons. The highest BCUT2D eigenvalue weighted by Crippen LogP contribution is 2.34. The second-order valence-electron chi connectivity index (χ2n) is 3.43. The van der Waals surface area contributed by atoms with Gasteiger partial charge in [0.25, 0.3) is 0 Å². The maximum Gasteiger partial charge on any atom is 0.346 e. The van der Waals surface area contributed by atoms with Gasteiger partial charge >= 0.3 is 5.97 Å². The first-order valence-electron chi connectivity index (χ1n) is 4.88. The van der Waals surface area contributed by atoms with Crippen molar-refractivity contribution in [1.82, 2.24) is 0 Å². The summed E-state index contributed by atoms with van der Waals surface area (Å²) in [4.78, 5) is 10.8. The molecular weight excluding hydrogens is 262 g/mol. The number of thiophene rings is 1. The van der Waals surface area contributed by atoms with Crippen LogP contribution < -0.4 is 4.74 Å². The molecule has 0 radical (unpaired) electrons. The predicted octanol–water partition coefficient (Wildman–Crippen LogP) is 3.40. The van der Waals surface area contributed by atoms with Crippen LogP contribution in [0.4, 0.5) is 8.78 Å². The minimum atomic E-state index is -1.21. The summed E-state index contributed by atoms with van der Waals surface area (Å²) in [5.74, 6) is -2.88. The fourth-order valence-corrected chi connectivity index (χ4v) is 2.33. The molecule has 18 heavy (non-hydrogen) atoms. The van der Waals surface area contributed by atoms with E-state index in [1.165, 1.54) is 18.6 Å². The molecule has 3 nitrogen and oxygen atoms in total. The molecule has 0 saturated heterocycles. The van der Waals surface area contributed by atoms with E-state index in [0.29, 0.717) is 0 Å². The Kier molecular flexibility index (Phi) is 3.29. The standard InChI is InChI=1S/C12H8F2O3S/c1-17-6-4-8(13)10(9(14)5-6)7-2-3-18-11(7)12(15)16/h2-5H,1H3,(H,15,16). The summed E-state index contributed by atoms with van der Waals surface area (Å²) in [7, 11) is 1.29. The molecule has 0 spiro atoms. The maximum absolute atomic E-state index is 13.8. The zero-order valence-electron chi connectivity index (χ0n) is 9.24. The summed E-state index contributed by atoms with van der Waals surface area (Å²) in [6.45, 7) is 0. The first-order valence-corrected chi connectivity index (χ1v) is 5.76. The molecule has 1 aromatic carbocycles. The highest BCUT2D eigenvalue weighted by atomic mass is 32.1. The second-order valence-corrected chi connectivity index (χ2v) is 4.35. The lowest BCUT2D eigenvalue weighted by Crippen LogP contribution is -1.98. The van der Waals surface area contributed by atoms with E-state index in [2.05, 4.69) is 0 Å². The van der Waals surface area contributed by atoms with Gasteiger partial charge in [-0.1, -0.05) is 0 Å². The lowest BCUT2D eigenvalue weighted by Gasteiger charge is -2.07. The number of hydrogen-bond donors (Lipinski definition) is 1. The number of rotatable bonds is 3. The van der Waals surface area contributed by atoms with E-state index >= 15 is 0 Å². The number of methoxy groups -OCH3 is 1. The molecule has 0 aliphatic carbocycles. The van der Waals surface area contributed by atoms with Crippen LogP contribution >= 0.6 is 11.3 Å². The van der Waals surface area contributed by atoms with E-state index in [-0.39, 0.29) is 21.8 Å². The van der Waals surface area contributed by atoms with Gasteiger partial charge in [0.15, 0.2) is 0 Å². The molecule has 0 bridgehead atoms. The van der Waals surface area contributed by atoms with Gasteiger partial charge in [-0.2, -0.15) is 0 Å². The predicted molar refractivity (Wildman–Crippen MR) is 63.2 cm³/mol. The van der Waals surface area contributed by atoms with Crippen LogP contribution in [0.25, 0.3) is 11.1 Å². The summed E-state index contributed by atoms with van der Waals surface area (Å²) < 4.78 is 32.3. The van der Waals surface area contributed by atoms with Crippen LogP contribution in [-0.4, -0.2) is 18.2 Å². The molecule has 0 unspecified atom stereocenters. The van der Waals surface area contributed by atoms with Gasteiger partial charge < -0.3 is 9.84 Å². The number of carboxylic acids is 1. The molecule has 0 aliphatic rings. The van der Waals surface area contributed by atoms with Gasteiger partial charge in [0, 0.05) is 17.7 Å². The third kappa shape index (κ3) is 2.06. The molecule has 0 atom stereocenters. The monoisotopic (exact) mass is 270 g/mol. The van der Waals surface area contributed by atoms with Gasteiger partial charge in [-0.15, -0.1) is 11.3 Å². The second kappa shape index (κ2) is 4.73. The molecule has 6 heteroatoms. The van der Waals surface area contributed by atoms with Gasteiger partial charge in [-0.05, 0) is 11.4 Å². The minimum Gasteiger partial charge on any atom is -0.497 e. The van der Waals surface area contributed by atoms with Crippen LogP contribution in [0.1, 0.15) is 9.67 Å². The van der Waals surface area contributed by atoms with Crippen LogP contribution in [-0.2, 0) is 0 Å². The van der Waals surface area contributed by atoms with Gasteiger partial charge in [-0.25, -0.2) is 13.6 Å². The molecule has 0 fully saturated rings. The van der Waals surface area contributed by atoms with Crippen LogP contribution in [0.5, 0.6) is 5.75 Å². The first-order chi connectivity index (χ1) is 8.54. The number of aromatic carboxylic acids is 1. The summed E-state index contributed by atoms with van der Waals surface area (Å²) >= 11 is 0.916. The van der Waals surface area contributed by atoms with Gasteiger partial charge in [-0.3, -0.25) is 0 Å². The fourth-order valence-electron chi connectivity index (χ4n) is 1.60.